The predicted molar refractivity (Wildman–Crippen MR) is 93.2 cm³/mol. The molecule has 142 valence electrons. The molecule has 1 heterocycles. The number of nitrogens with one attached hydrogen (secondary N) is 1. The molecule has 9 heteroatoms. The number of nitrogens with zero attached hydrogens (tertiary/aromatic N) is 2. The Morgan fingerprint density at radius 1 is 1.04 bits per heavy atom. The zero-order chi connectivity index (χ0) is 18.9. The molecular weight excluding hydrogens is 340 g/mol. The van der Waals surface area contributed by atoms with E-state index >= 15 is 0 Å². The van der Waals surface area contributed by atoms with Gasteiger partial charge >= 0.3 is 0 Å². The number of benzene rings is 1. The number of methoxy groups -OCH3 is 1. The number of para-hydroxylation sites is 2. The molecule has 1 fully saturated rings. The first-order chi connectivity index (χ1) is 12.5. The van der Waals surface area contributed by atoms with Gasteiger partial charge in [-0.2, -0.15) is 0 Å². The number of hydrazine groups is 1. The minimum absolute atomic E-state index is 0.0355. The van der Waals surface area contributed by atoms with E-state index in [2.05, 4.69) is 0 Å². The fraction of sp³-hybridized carbons (Fsp3) is 0.471. The summed E-state index contributed by atoms with van der Waals surface area (Å²) in [6.07, 6.45) is -0.0429. The van der Waals surface area contributed by atoms with Crippen LogP contribution in [0.4, 0.5) is 0 Å². The highest BCUT2D eigenvalue weighted by molar-refractivity contribution is 5.96. The summed E-state index contributed by atoms with van der Waals surface area (Å²) in [6, 6.07) is 7.25. The van der Waals surface area contributed by atoms with Crippen LogP contribution in [-0.2, 0) is 14.4 Å². The lowest BCUT2D eigenvalue weighted by molar-refractivity contribution is -0.142. The molecular formula is C17H24N4O5. The van der Waals surface area contributed by atoms with Crippen LogP contribution >= 0.6 is 0 Å². The standard InChI is InChI=1S/C17H24N4O5/c1-25-13-4-2-3-5-14(13)26-11-6-16(23)20-7-9-21(10-8-20)17(24)12-15(22)19-18/h2-5H,6-12,18H2,1H3,(H,19,22). The van der Waals surface area contributed by atoms with Crippen molar-refractivity contribution in [1.29, 1.82) is 0 Å². The van der Waals surface area contributed by atoms with Crippen molar-refractivity contribution < 1.29 is 23.9 Å². The molecule has 0 bridgehead atoms. The van der Waals surface area contributed by atoms with Crippen molar-refractivity contribution >= 4 is 17.7 Å². The summed E-state index contributed by atoms with van der Waals surface area (Å²) in [7, 11) is 1.56. The van der Waals surface area contributed by atoms with Gasteiger partial charge in [0.2, 0.25) is 17.7 Å². The minimum atomic E-state index is -0.526. The lowest BCUT2D eigenvalue weighted by Gasteiger charge is -2.34. The topological polar surface area (TPSA) is 114 Å². The van der Waals surface area contributed by atoms with Crippen molar-refractivity contribution in [1.82, 2.24) is 15.2 Å². The highest BCUT2D eigenvalue weighted by Gasteiger charge is 2.25. The summed E-state index contributed by atoms with van der Waals surface area (Å²) in [5.41, 5.74) is 1.93. The normalized spacial score (nSPS) is 13.9. The molecule has 0 saturated carbocycles. The van der Waals surface area contributed by atoms with Crippen molar-refractivity contribution in [3.8, 4) is 11.5 Å². The van der Waals surface area contributed by atoms with E-state index in [1.54, 1.807) is 29.0 Å². The SMILES string of the molecule is COc1ccccc1OCCC(=O)N1CCN(C(=O)CC(=O)NN)CC1. The zero-order valence-electron chi connectivity index (χ0n) is 14.8. The van der Waals surface area contributed by atoms with Gasteiger partial charge < -0.3 is 19.3 Å². The summed E-state index contributed by atoms with van der Waals surface area (Å²) >= 11 is 0. The third-order valence-electron chi connectivity index (χ3n) is 4.10. The second-order valence-corrected chi connectivity index (χ2v) is 5.76. The van der Waals surface area contributed by atoms with Gasteiger partial charge in [-0.25, -0.2) is 5.84 Å². The quantitative estimate of drug-likeness (QED) is 0.292. The first-order valence-electron chi connectivity index (χ1n) is 8.36. The molecule has 0 atom stereocenters. The van der Waals surface area contributed by atoms with Gasteiger partial charge in [-0.05, 0) is 12.1 Å². The summed E-state index contributed by atoms with van der Waals surface area (Å²) in [4.78, 5) is 38.6. The molecule has 26 heavy (non-hydrogen) atoms. The Morgan fingerprint density at radius 3 is 2.19 bits per heavy atom. The van der Waals surface area contributed by atoms with Crippen LogP contribution in [0, 0.1) is 0 Å². The Hall–Kier alpha value is -2.81. The number of carbonyl (C=O) groups is 3. The second kappa shape index (κ2) is 9.62. The molecule has 1 saturated heterocycles. The zero-order valence-corrected chi connectivity index (χ0v) is 14.8. The maximum Gasteiger partial charge on any atom is 0.243 e. The van der Waals surface area contributed by atoms with Crippen LogP contribution in [0.15, 0.2) is 24.3 Å². The van der Waals surface area contributed by atoms with Gasteiger partial charge in [0.25, 0.3) is 0 Å². The third-order valence-corrected chi connectivity index (χ3v) is 4.10. The van der Waals surface area contributed by atoms with Crippen LogP contribution in [0.25, 0.3) is 0 Å². The summed E-state index contributed by atoms with van der Waals surface area (Å²) in [6.45, 7) is 1.91. The van der Waals surface area contributed by atoms with E-state index in [9.17, 15) is 14.4 Å². The summed E-state index contributed by atoms with van der Waals surface area (Å²) in [5, 5.41) is 0. The monoisotopic (exact) mass is 364 g/mol. The number of carbonyl (C=O) groups excluding carboxylic acids is 3. The molecule has 0 unspecified atom stereocenters. The van der Waals surface area contributed by atoms with E-state index in [4.69, 9.17) is 15.3 Å². The van der Waals surface area contributed by atoms with Gasteiger partial charge in [-0.1, -0.05) is 12.1 Å². The number of rotatable bonds is 7. The van der Waals surface area contributed by atoms with Gasteiger partial charge in [0.1, 0.15) is 6.42 Å². The summed E-state index contributed by atoms with van der Waals surface area (Å²) < 4.78 is 10.8. The van der Waals surface area contributed by atoms with Crippen LogP contribution in [-0.4, -0.2) is 67.4 Å². The molecule has 0 radical (unpaired) electrons. The molecule has 1 aromatic rings. The Bertz CT molecular complexity index is 644. The molecule has 0 aliphatic carbocycles. The van der Waals surface area contributed by atoms with Gasteiger partial charge in [0.05, 0.1) is 20.1 Å². The van der Waals surface area contributed by atoms with E-state index in [1.807, 2.05) is 17.6 Å². The van der Waals surface area contributed by atoms with Crippen LogP contribution in [0.2, 0.25) is 0 Å². The minimum Gasteiger partial charge on any atom is -0.493 e. The fourth-order valence-corrected chi connectivity index (χ4v) is 2.65. The van der Waals surface area contributed by atoms with Gasteiger partial charge in [-0.3, -0.25) is 19.8 Å². The van der Waals surface area contributed by atoms with Crippen molar-refractivity contribution in [3.05, 3.63) is 24.3 Å². The Balaban J connectivity index is 1.73. The Labute approximate surface area is 152 Å². The van der Waals surface area contributed by atoms with Crippen molar-refractivity contribution in [3.63, 3.8) is 0 Å². The van der Waals surface area contributed by atoms with Gasteiger partial charge in [0, 0.05) is 26.2 Å². The van der Waals surface area contributed by atoms with Gasteiger partial charge in [0.15, 0.2) is 11.5 Å². The molecule has 1 aliphatic heterocycles. The van der Waals surface area contributed by atoms with Gasteiger partial charge in [-0.15, -0.1) is 0 Å². The number of nitrogens with two attached hydrogens (primary N) is 1. The lowest BCUT2D eigenvalue weighted by atomic mass is 10.2. The first kappa shape index (κ1) is 19.5. The number of hydrogen-bond donors (Lipinski definition) is 2. The molecule has 1 aliphatic rings. The highest BCUT2D eigenvalue weighted by atomic mass is 16.5. The molecule has 2 rings (SSSR count). The average Bonchev–Trinajstić information content (AvgIpc) is 2.68. The maximum absolute atomic E-state index is 12.3. The van der Waals surface area contributed by atoms with Crippen LogP contribution in [0.1, 0.15) is 12.8 Å². The number of piperazine rings is 1. The van der Waals surface area contributed by atoms with Crippen molar-refractivity contribution in [2.24, 2.45) is 5.84 Å². The average molecular weight is 364 g/mol. The number of ether oxygens (including phenoxy) is 2. The van der Waals surface area contributed by atoms with E-state index in [-0.39, 0.29) is 31.3 Å². The lowest BCUT2D eigenvalue weighted by Crippen LogP contribution is -2.51. The molecule has 3 N–H and O–H groups in total. The first-order valence-corrected chi connectivity index (χ1v) is 8.36. The van der Waals surface area contributed by atoms with Crippen LogP contribution in [0.3, 0.4) is 0 Å². The second-order valence-electron chi connectivity index (χ2n) is 5.76. The summed E-state index contributed by atoms with van der Waals surface area (Å²) in [5.74, 6) is 5.34. The molecule has 9 nitrogen and oxygen atoms in total. The number of hydrogen-bond acceptors (Lipinski definition) is 6. The van der Waals surface area contributed by atoms with Crippen LogP contribution in [0.5, 0.6) is 11.5 Å². The predicted octanol–water partition coefficient (Wildman–Crippen LogP) is -0.485. The van der Waals surface area contributed by atoms with E-state index in [1.165, 1.54) is 0 Å². The molecule has 1 aromatic carbocycles. The van der Waals surface area contributed by atoms with Crippen LogP contribution < -0.4 is 20.7 Å². The highest BCUT2D eigenvalue weighted by Crippen LogP contribution is 2.25. The third kappa shape index (κ3) is 5.35. The van der Waals surface area contributed by atoms with Crippen molar-refractivity contribution in [2.45, 2.75) is 12.8 Å². The van der Waals surface area contributed by atoms with E-state index < -0.39 is 5.91 Å². The van der Waals surface area contributed by atoms with E-state index in [0.29, 0.717) is 37.7 Å². The maximum atomic E-state index is 12.3. The Kier molecular flexibility index (Phi) is 7.22. The van der Waals surface area contributed by atoms with Crippen molar-refractivity contribution in [2.75, 3.05) is 39.9 Å². The smallest absolute Gasteiger partial charge is 0.243 e. The largest absolute Gasteiger partial charge is 0.493 e. The molecule has 3 amide bonds. The molecule has 0 spiro atoms. The number of amides is 3. The van der Waals surface area contributed by atoms with E-state index in [0.717, 1.165) is 0 Å². The fourth-order valence-electron chi connectivity index (χ4n) is 2.65. The molecule has 0 aromatic heterocycles. The Morgan fingerprint density at radius 2 is 1.62 bits per heavy atom.